The molecule has 2 aromatic rings. The molecule has 0 bridgehead atoms. The Morgan fingerprint density at radius 3 is 2.82 bits per heavy atom. The van der Waals surface area contributed by atoms with Gasteiger partial charge in [-0.1, -0.05) is 17.9 Å². The third kappa shape index (κ3) is 3.08. The zero-order chi connectivity index (χ0) is 15.5. The molecular weight excluding hydrogens is 282 g/mol. The van der Waals surface area contributed by atoms with Gasteiger partial charge in [0.15, 0.2) is 0 Å². The summed E-state index contributed by atoms with van der Waals surface area (Å²) in [5.41, 5.74) is 1.93. The topological polar surface area (TPSA) is 78.0 Å². The van der Waals surface area contributed by atoms with Crippen molar-refractivity contribution in [1.82, 2.24) is 20.0 Å². The molecule has 1 N–H and O–H groups in total. The van der Waals surface area contributed by atoms with Gasteiger partial charge in [-0.15, -0.1) is 5.10 Å². The van der Waals surface area contributed by atoms with Crippen LogP contribution in [0.4, 0.5) is 6.01 Å². The van der Waals surface area contributed by atoms with Crippen LogP contribution in [0.25, 0.3) is 0 Å². The van der Waals surface area contributed by atoms with E-state index in [1.807, 2.05) is 14.0 Å². The molecule has 0 aromatic carbocycles. The van der Waals surface area contributed by atoms with Crippen LogP contribution in [0.2, 0.25) is 0 Å². The summed E-state index contributed by atoms with van der Waals surface area (Å²) in [7, 11) is 3.51. The molecule has 22 heavy (non-hydrogen) atoms. The minimum atomic E-state index is 0.457. The van der Waals surface area contributed by atoms with Crippen molar-refractivity contribution < 1.29 is 9.15 Å². The van der Waals surface area contributed by atoms with E-state index in [9.17, 15) is 0 Å². The third-order valence-corrected chi connectivity index (χ3v) is 4.30. The highest BCUT2D eigenvalue weighted by Crippen LogP contribution is 2.28. The molecule has 2 aromatic heterocycles. The minimum Gasteiger partial charge on any atom is -0.481 e. The number of ether oxygens (including phenoxy) is 1. The van der Waals surface area contributed by atoms with E-state index in [1.54, 1.807) is 11.8 Å². The smallest absolute Gasteiger partial charge is 0.315 e. The van der Waals surface area contributed by atoms with Crippen LogP contribution in [0.15, 0.2) is 4.42 Å². The van der Waals surface area contributed by atoms with Gasteiger partial charge in [0.2, 0.25) is 11.8 Å². The van der Waals surface area contributed by atoms with E-state index in [0.29, 0.717) is 18.5 Å². The van der Waals surface area contributed by atoms with Gasteiger partial charge in [-0.3, -0.25) is 0 Å². The first kappa shape index (κ1) is 14.9. The van der Waals surface area contributed by atoms with Crippen LogP contribution in [0.3, 0.4) is 0 Å². The zero-order valence-electron chi connectivity index (χ0n) is 13.4. The van der Waals surface area contributed by atoms with Crippen LogP contribution in [-0.2, 0) is 20.0 Å². The van der Waals surface area contributed by atoms with E-state index >= 15 is 0 Å². The van der Waals surface area contributed by atoms with Crippen molar-refractivity contribution in [2.24, 2.45) is 13.0 Å². The highest BCUT2D eigenvalue weighted by molar-refractivity contribution is 5.34. The molecule has 3 rings (SSSR count). The van der Waals surface area contributed by atoms with Crippen molar-refractivity contribution in [2.45, 2.75) is 45.6 Å². The number of nitrogens with zero attached hydrogens (tertiary/aromatic N) is 4. The van der Waals surface area contributed by atoms with Gasteiger partial charge in [-0.25, -0.2) is 4.68 Å². The largest absolute Gasteiger partial charge is 0.481 e. The first-order valence-corrected chi connectivity index (χ1v) is 7.80. The summed E-state index contributed by atoms with van der Waals surface area (Å²) in [6, 6.07) is 0.457. The molecule has 1 saturated carbocycles. The number of aryl methyl sites for hydroxylation is 2. The van der Waals surface area contributed by atoms with Gasteiger partial charge in [0.1, 0.15) is 0 Å². The van der Waals surface area contributed by atoms with Crippen molar-refractivity contribution in [3.63, 3.8) is 0 Å². The number of nitrogens with one attached hydrogen (secondary N) is 1. The van der Waals surface area contributed by atoms with E-state index in [0.717, 1.165) is 29.4 Å². The Balaban J connectivity index is 1.61. The first-order chi connectivity index (χ1) is 10.7. The van der Waals surface area contributed by atoms with Crippen molar-refractivity contribution in [3.8, 4) is 5.88 Å². The van der Waals surface area contributed by atoms with Gasteiger partial charge in [0, 0.05) is 13.5 Å². The molecule has 1 aliphatic carbocycles. The van der Waals surface area contributed by atoms with Crippen LogP contribution >= 0.6 is 0 Å². The predicted molar refractivity (Wildman–Crippen MR) is 81.8 cm³/mol. The fourth-order valence-electron chi connectivity index (χ4n) is 3.17. The summed E-state index contributed by atoms with van der Waals surface area (Å²) < 4.78 is 12.8. The highest BCUT2D eigenvalue weighted by Gasteiger charge is 2.19. The van der Waals surface area contributed by atoms with Crippen LogP contribution in [-0.4, -0.2) is 27.1 Å². The van der Waals surface area contributed by atoms with Gasteiger partial charge >= 0.3 is 6.01 Å². The molecule has 0 atom stereocenters. The molecular formula is C15H23N5O2. The van der Waals surface area contributed by atoms with Crippen molar-refractivity contribution in [2.75, 3.05) is 12.4 Å². The van der Waals surface area contributed by atoms with Crippen molar-refractivity contribution >= 4 is 6.01 Å². The van der Waals surface area contributed by atoms with Crippen molar-refractivity contribution in [3.05, 3.63) is 17.1 Å². The van der Waals surface area contributed by atoms with E-state index in [2.05, 4.69) is 20.6 Å². The molecule has 0 saturated heterocycles. The van der Waals surface area contributed by atoms with Crippen molar-refractivity contribution in [1.29, 1.82) is 0 Å². The molecule has 0 amide bonds. The number of methoxy groups -OCH3 is 1. The van der Waals surface area contributed by atoms with E-state index in [4.69, 9.17) is 9.15 Å². The normalized spacial score (nSPS) is 15.4. The monoisotopic (exact) mass is 305 g/mol. The predicted octanol–water partition coefficient (Wildman–Crippen LogP) is 2.46. The van der Waals surface area contributed by atoms with Gasteiger partial charge in [-0.2, -0.15) is 5.10 Å². The van der Waals surface area contributed by atoms with E-state index in [-0.39, 0.29) is 0 Å². The van der Waals surface area contributed by atoms with E-state index in [1.165, 1.54) is 25.7 Å². The number of anilines is 1. The lowest BCUT2D eigenvalue weighted by molar-refractivity contribution is 0.369. The second kappa shape index (κ2) is 6.37. The lowest BCUT2D eigenvalue weighted by Gasteiger charge is -2.05. The number of hydrogen-bond donors (Lipinski definition) is 1. The van der Waals surface area contributed by atoms with Crippen LogP contribution in [0.5, 0.6) is 5.88 Å². The maximum absolute atomic E-state index is 5.69. The maximum atomic E-state index is 5.69. The SMILES string of the molecule is COc1c(CNc2nnc(CC3CCCC3)o2)c(C)nn1C. The van der Waals surface area contributed by atoms with Gasteiger partial charge < -0.3 is 14.5 Å². The number of aromatic nitrogens is 4. The van der Waals surface area contributed by atoms with Gasteiger partial charge in [-0.05, 0) is 25.7 Å². The Hall–Kier alpha value is -2.05. The van der Waals surface area contributed by atoms with E-state index < -0.39 is 0 Å². The molecule has 2 heterocycles. The minimum absolute atomic E-state index is 0.457. The van der Waals surface area contributed by atoms with Crippen LogP contribution in [0, 0.1) is 12.8 Å². The number of hydrogen-bond acceptors (Lipinski definition) is 6. The molecule has 120 valence electrons. The summed E-state index contributed by atoms with van der Waals surface area (Å²) >= 11 is 0. The zero-order valence-corrected chi connectivity index (χ0v) is 13.4. The Morgan fingerprint density at radius 1 is 1.32 bits per heavy atom. The molecule has 1 fully saturated rings. The molecule has 0 spiro atoms. The fourth-order valence-corrected chi connectivity index (χ4v) is 3.17. The molecule has 0 aliphatic heterocycles. The summed E-state index contributed by atoms with van der Waals surface area (Å²) in [4.78, 5) is 0. The molecule has 7 heteroatoms. The summed E-state index contributed by atoms with van der Waals surface area (Å²) in [6.07, 6.45) is 6.09. The average molecular weight is 305 g/mol. The van der Waals surface area contributed by atoms with Gasteiger partial charge in [0.05, 0.1) is 24.9 Å². The first-order valence-electron chi connectivity index (χ1n) is 7.80. The molecule has 0 unspecified atom stereocenters. The summed E-state index contributed by atoms with van der Waals surface area (Å²) in [5.74, 6) is 2.17. The molecule has 0 radical (unpaired) electrons. The Kier molecular flexibility index (Phi) is 4.31. The Morgan fingerprint density at radius 2 is 2.09 bits per heavy atom. The lowest BCUT2D eigenvalue weighted by Crippen LogP contribution is -2.03. The highest BCUT2D eigenvalue weighted by atomic mass is 16.5. The second-order valence-corrected chi connectivity index (χ2v) is 5.91. The third-order valence-electron chi connectivity index (χ3n) is 4.30. The average Bonchev–Trinajstić information content (AvgIpc) is 3.19. The Bertz CT molecular complexity index is 628. The van der Waals surface area contributed by atoms with Gasteiger partial charge in [0.25, 0.3) is 0 Å². The maximum Gasteiger partial charge on any atom is 0.315 e. The molecule has 7 nitrogen and oxygen atoms in total. The molecule has 1 aliphatic rings. The summed E-state index contributed by atoms with van der Waals surface area (Å²) in [6.45, 7) is 2.51. The van der Waals surface area contributed by atoms with Crippen LogP contribution in [0.1, 0.15) is 42.8 Å². The quantitative estimate of drug-likeness (QED) is 0.883. The summed E-state index contributed by atoms with van der Waals surface area (Å²) in [5, 5.41) is 15.7. The Labute approximate surface area is 130 Å². The lowest BCUT2D eigenvalue weighted by atomic mass is 10.0. The standard InChI is InChI=1S/C15H23N5O2/c1-10-12(14(21-3)20(2)19-10)9-16-15-18-17-13(22-15)8-11-6-4-5-7-11/h11H,4-9H2,1-3H3,(H,16,18). The second-order valence-electron chi connectivity index (χ2n) is 5.91. The van der Waals surface area contributed by atoms with Crippen LogP contribution < -0.4 is 10.1 Å². The fraction of sp³-hybridized carbons (Fsp3) is 0.667. The number of rotatable bonds is 6.